The highest BCUT2D eigenvalue weighted by Gasteiger charge is 2.57. The third-order valence-electron chi connectivity index (χ3n) is 9.23. The molecule has 6 atom stereocenters. The first-order valence-electron chi connectivity index (χ1n) is 13.5. The Balaban J connectivity index is 1.44. The molecule has 0 heterocycles. The Kier molecular flexibility index (Phi) is 8.58. The number of benzene rings is 1. The molecule has 3 nitrogen and oxygen atoms in total. The monoisotopic (exact) mass is 560 g/mol. The van der Waals surface area contributed by atoms with Crippen LogP contribution in [-0.4, -0.2) is 35.0 Å². The van der Waals surface area contributed by atoms with Gasteiger partial charge in [-0.3, -0.25) is 4.79 Å². The lowest BCUT2D eigenvalue weighted by Gasteiger charge is -2.53. The summed E-state index contributed by atoms with van der Waals surface area (Å²) in [5, 5.41) is 10.8. The van der Waals surface area contributed by atoms with Gasteiger partial charge in [0.25, 0.3) is 0 Å². The standard InChI is InChI=1S/C29H37F5O3S/c1-17(38-14-4-12-28(30,31)29(32,33)34)5-6-19-15-20-16-21(37-18(2)35)7-8-22(20)23-11-13-27(3)24(26(19)23)9-10-25(27)36/h7-8,16,19,23-26,36H,1,4-6,9-15H2,2-3H3. The number of carbonyl (C=O) groups excluding carboxylic acids is 1. The number of hydrogen-bond acceptors (Lipinski definition) is 4. The molecular formula is C29H37F5O3S. The van der Waals surface area contributed by atoms with Crippen LogP contribution in [0, 0.1) is 23.2 Å². The lowest BCUT2D eigenvalue weighted by molar-refractivity contribution is -0.284. The van der Waals surface area contributed by atoms with Crippen LogP contribution in [0.2, 0.25) is 0 Å². The molecule has 0 spiro atoms. The fourth-order valence-electron chi connectivity index (χ4n) is 7.32. The van der Waals surface area contributed by atoms with E-state index in [1.54, 1.807) is 0 Å². The van der Waals surface area contributed by atoms with Crippen LogP contribution in [0.25, 0.3) is 0 Å². The van der Waals surface area contributed by atoms with Crippen LogP contribution in [0.4, 0.5) is 22.0 Å². The van der Waals surface area contributed by atoms with Crippen molar-refractivity contribution in [2.75, 3.05) is 5.75 Å². The zero-order valence-corrected chi connectivity index (χ0v) is 22.8. The van der Waals surface area contributed by atoms with Gasteiger partial charge in [-0.2, -0.15) is 22.0 Å². The van der Waals surface area contributed by atoms with E-state index < -0.39 is 18.5 Å². The number of alkyl halides is 5. The summed E-state index contributed by atoms with van der Waals surface area (Å²) in [5.41, 5.74) is 2.36. The van der Waals surface area contributed by atoms with E-state index in [9.17, 15) is 31.9 Å². The van der Waals surface area contributed by atoms with Crippen LogP contribution in [0.1, 0.15) is 82.3 Å². The van der Waals surface area contributed by atoms with Crippen molar-refractivity contribution < 1.29 is 36.6 Å². The first-order valence-corrected chi connectivity index (χ1v) is 14.5. The molecule has 6 unspecified atom stereocenters. The van der Waals surface area contributed by atoms with Crippen molar-refractivity contribution in [3.8, 4) is 5.75 Å². The highest BCUT2D eigenvalue weighted by molar-refractivity contribution is 8.03. The number of hydrogen-bond donors (Lipinski definition) is 1. The lowest BCUT2D eigenvalue weighted by Crippen LogP contribution is -2.47. The van der Waals surface area contributed by atoms with Crippen LogP contribution in [-0.2, 0) is 11.2 Å². The molecule has 1 aromatic carbocycles. The van der Waals surface area contributed by atoms with Crippen LogP contribution >= 0.6 is 11.8 Å². The molecule has 1 aromatic rings. The van der Waals surface area contributed by atoms with Crippen molar-refractivity contribution in [3.05, 3.63) is 40.8 Å². The van der Waals surface area contributed by atoms with Gasteiger partial charge in [0.1, 0.15) is 5.75 Å². The minimum absolute atomic E-state index is 0.107. The van der Waals surface area contributed by atoms with Crippen molar-refractivity contribution in [3.63, 3.8) is 0 Å². The summed E-state index contributed by atoms with van der Waals surface area (Å²) < 4.78 is 68.9. The minimum atomic E-state index is -5.51. The number of halogens is 5. The second-order valence-corrected chi connectivity index (χ2v) is 12.9. The molecule has 1 N–H and O–H groups in total. The fraction of sp³-hybridized carbons (Fsp3) is 0.690. The molecule has 2 fully saturated rings. The molecule has 0 aromatic heterocycles. The molecule has 3 aliphatic carbocycles. The maximum absolute atomic E-state index is 13.2. The molecule has 3 aliphatic rings. The van der Waals surface area contributed by atoms with Crippen LogP contribution in [0.15, 0.2) is 29.7 Å². The summed E-state index contributed by atoms with van der Waals surface area (Å²) in [6.45, 7) is 7.65. The van der Waals surface area contributed by atoms with Gasteiger partial charge < -0.3 is 9.84 Å². The maximum atomic E-state index is 13.2. The van der Waals surface area contributed by atoms with E-state index >= 15 is 0 Å². The van der Waals surface area contributed by atoms with Crippen LogP contribution in [0.5, 0.6) is 5.75 Å². The third-order valence-corrected chi connectivity index (χ3v) is 10.3. The van der Waals surface area contributed by atoms with Crippen LogP contribution < -0.4 is 4.74 Å². The fourth-order valence-corrected chi connectivity index (χ4v) is 8.16. The summed E-state index contributed by atoms with van der Waals surface area (Å²) in [6.07, 6.45) is -1.25. The molecule has 9 heteroatoms. The van der Waals surface area contributed by atoms with E-state index in [1.807, 2.05) is 12.1 Å². The molecule has 2 saturated carbocycles. The Hall–Kier alpha value is -1.61. The SMILES string of the molecule is C=C(CCC1Cc2cc(OC(C)=O)ccc2C2CCC3(C)C(O)CCC3C12)SCCCC(F)(F)C(F)(F)F. The lowest BCUT2D eigenvalue weighted by atomic mass is 9.52. The predicted octanol–water partition coefficient (Wildman–Crippen LogP) is 8.06. The largest absolute Gasteiger partial charge is 0.453 e. The number of aliphatic hydroxyl groups excluding tert-OH is 1. The van der Waals surface area contributed by atoms with E-state index in [-0.39, 0.29) is 29.7 Å². The number of esters is 1. The van der Waals surface area contributed by atoms with Gasteiger partial charge in [0.2, 0.25) is 0 Å². The Morgan fingerprint density at radius 1 is 1.21 bits per heavy atom. The second kappa shape index (κ2) is 11.1. The minimum Gasteiger partial charge on any atom is -0.427 e. The number of thioether (sulfide) groups is 1. The van der Waals surface area contributed by atoms with Gasteiger partial charge in [-0.25, -0.2) is 0 Å². The van der Waals surface area contributed by atoms with Gasteiger partial charge >= 0.3 is 18.1 Å². The molecule has 4 rings (SSSR count). The first-order chi connectivity index (χ1) is 17.7. The summed E-state index contributed by atoms with van der Waals surface area (Å²) in [7, 11) is 0. The summed E-state index contributed by atoms with van der Waals surface area (Å²) in [5.74, 6) is -2.89. The third kappa shape index (κ3) is 5.93. The molecule has 0 radical (unpaired) electrons. The van der Waals surface area contributed by atoms with Gasteiger partial charge in [-0.1, -0.05) is 19.6 Å². The average Bonchev–Trinajstić information content (AvgIpc) is 3.13. The van der Waals surface area contributed by atoms with E-state index in [1.165, 1.54) is 29.8 Å². The smallest absolute Gasteiger partial charge is 0.427 e. The van der Waals surface area contributed by atoms with Gasteiger partial charge in [0.05, 0.1) is 6.10 Å². The molecule has 212 valence electrons. The number of rotatable bonds is 9. The molecule has 0 saturated heterocycles. The van der Waals surface area contributed by atoms with Gasteiger partial charge in [-0.15, -0.1) is 11.8 Å². The van der Waals surface area contributed by atoms with Crippen molar-refractivity contribution >= 4 is 17.7 Å². The summed E-state index contributed by atoms with van der Waals surface area (Å²) in [6, 6.07) is 5.90. The zero-order valence-electron chi connectivity index (χ0n) is 22.0. The predicted molar refractivity (Wildman–Crippen MR) is 138 cm³/mol. The van der Waals surface area contributed by atoms with Gasteiger partial charge in [-0.05, 0) is 114 Å². The van der Waals surface area contributed by atoms with Crippen LogP contribution in [0.3, 0.4) is 0 Å². The highest BCUT2D eigenvalue weighted by atomic mass is 32.2. The van der Waals surface area contributed by atoms with E-state index in [4.69, 9.17) is 4.74 Å². The van der Waals surface area contributed by atoms with Crippen molar-refractivity contribution in [2.24, 2.45) is 23.2 Å². The number of ether oxygens (including phenoxy) is 1. The maximum Gasteiger partial charge on any atom is 0.453 e. The number of fused-ring (bicyclic) bond motifs is 5. The van der Waals surface area contributed by atoms with Crippen molar-refractivity contribution in [2.45, 2.75) is 95.8 Å². The molecule has 38 heavy (non-hydrogen) atoms. The summed E-state index contributed by atoms with van der Waals surface area (Å²) >= 11 is 1.27. The molecule has 0 aliphatic heterocycles. The molecule has 0 bridgehead atoms. The Labute approximate surface area is 225 Å². The van der Waals surface area contributed by atoms with E-state index in [0.29, 0.717) is 35.8 Å². The average molecular weight is 561 g/mol. The Bertz CT molecular complexity index is 1040. The van der Waals surface area contributed by atoms with E-state index in [2.05, 4.69) is 19.6 Å². The van der Waals surface area contributed by atoms with Crippen molar-refractivity contribution in [1.82, 2.24) is 0 Å². The topological polar surface area (TPSA) is 46.5 Å². The normalized spacial score (nSPS) is 30.8. The molecule has 0 amide bonds. The van der Waals surface area contributed by atoms with Gasteiger partial charge in [0.15, 0.2) is 0 Å². The Morgan fingerprint density at radius 2 is 1.95 bits per heavy atom. The molecular weight excluding hydrogens is 523 g/mol. The van der Waals surface area contributed by atoms with E-state index in [0.717, 1.165) is 43.4 Å². The van der Waals surface area contributed by atoms with Crippen molar-refractivity contribution in [1.29, 1.82) is 0 Å². The first kappa shape index (κ1) is 29.4. The number of allylic oxidation sites excluding steroid dienone is 1. The highest BCUT2D eigenvalue weighted by Crippen LogP contribution is 2.63. The number of aliphatic hydroxyl groups is 1. The Morgan fingerprint density at radius 3 is 2.63 bits per heavy atom. The summed E-state index contributed by atoms with van der Waals surface area (Å²) in [4.78, 5) is 12.3. The second-order valence-electron chi connectivity index (χ2n) is 11.6. The quantitative estimate of drug-likeness (QED) is 0.144. The number of carbonyl (C=O) groups is 1. The van der Waals surface area contributed by atoms with Gasteiger partial charge in [0, 0.05) is 13.3 Å². The zero-order chi connectivity index (χ0) is 27.9.